The molecule has 0 saturated carbocycles. The molecule has 0 heterocycles. The Kier molecular flexibility index (Phi) is 19.5. The molecule has 0 bridgehead atoms. The summed E-state index contributed by atoms with van der Waals surface area (Å²) in [6, 6.07) is 0. The second-order valence-electron chi connectivity index (χ2n) is 1.72. The molecule has 0 amide bonds. The van der Waals surface area contributed by atoms with Crippen molar-refractivity contribution in [1.29, 1.82) is 0 Å². The fourth-order valence-corrected chi connectivity index (χ4v) is 0. The van der Waals surface area contributed by atoms with Gasteiger partial charge in [0.25, 0.3) is 0 Å². The van der Waals surface area contributed by atoms with Crippen molar-refractivity contribution in [3.05, 3.63) is 0 Å². The Labute approximate surface area is 134 Å². The summed E-state index contributed by atoms with van der Waals surface area (Å²) in [4.78, 5) is 0. The Morgan fingerprint density at radius 3 is 0.632 bits per heavy atom. The van der Waals surface area contributed by atoms with Crippen LogP contribution in [0.5, 0.6) is 0 Å². The van der Waals surface area contributed by atoms with Crippen molar-refractivity contribution < 1.29 is 104 Å². The van der Waals surface area contributed by atoms with Gasteiger partial charge in [-0.05, 0) is 0 Å². The fraction of sp³-hybridized carbons (Fsp3) is 0. The van der Waals surface area contributed by atoms with E-state index in [2.05, 4.69) is 10.4 Å². The van der Waals surface area contributed by atoms with Crippen LogP contribution in [0.2, 0.25) is 0 Å². The van der Waals surface area contributed by atoms with E-state index in [1.54, 1.807) is 0 Å². The van der Waals surface area contributed by atoms with E-state index < -0.39 is 40.8 Å². The van der Waals surface area contributed by atoms with E-state index in [9.17, 15) is 35.3 Å². The van der Waals surface area contributed by atoms with Crippen molar-refractivity contribution in [3.63, 3.8) is 0 Å². The van der Waals surface area contributed by atoms with Gasteiger partial charge in [-0.3, -0.25) is 0 Å². The van der Waals surface area contributed by atoms with Gasteiger partial charge in [0, 0.05) is 0 Å². The summed E-state index contributed by atoms with van der Waals surface area (Å²) in [6.45, 7) is 0. The Bertz CT molecular complexity index is 407. The molecule has 0 aliphatic heterocycles. The van der Waals surface area contributed by atoms with E-state index in [1.165, 1.54) is 0 Å². The molecule has 0 N–H and O–H groups in total. The third-order valence-corrected chi connectivity index (χ3v) is 7.57. The zero-order chi connectivity index (χ0) is 15.6. The minimum absolute atomic E-state index is 0. The molecule has 12 nitrogen and oxygen atoms in total. The van der Waals surface area contributed by atoms with Crippen LogP contribution >= 0.6 is 0 Å². The quantitative estimate of drug-likeness (QED) is 0.337. The fourth-order valence-electron chi connectivity index (χ4n) is 0. The molecular weight excluding hydrogens is 484 g/mol. The first kappa shape index (κ1) is 28.5. The van der Waals surface area contributed by atoms with Crippen LogP contribution in [-0.2, 0) is 91.5 Å². The average molecular weight is 493 g/mol. The molecule has 0 rings (SSSR count). The molecule has 0 atom stereocenters. The summed E-state index contributed by atoms with van der Waals surface area (Å²) < 4.78 is 94.7. The predicted octanol–water partition coefficient (Wildman–Crippen LogP) is -8.05. The molecule has 0 unspecified atom stereocenters. The molecular formula is H9Cr4O12Si3. The van der Waals surface area contributed by atoms with Crippen LogP contribution in [0.1, 0.15) is 0 Å². The molecule has 0 aliphatic carbocycles. The summed E-state index contributed by atoms with van der Waals surface area (Å²) >= 11 is -14.9. The first-order valence-electron chi connectivity index (χ1n) is 3.22. The van der Waals surface area contributed by atoms with Crippen LogP contribution in [0.15, 0.2) is 0 Å². The maximum atomic E-state index is 9.33. The summed E-state index contributed by atoms with van der Waals surface area (Å²) in [7, 11) is -0.0602. The first-order valence-corrected chi connectivity index (χ1v) is 11.9. The van der Waals surface area contributed by atoms with Gasteiger partial charge < -0.3 is 0 Å². The molecule has 19 heteroatoms. The van der Waals surface area contributed by atoms with Gasteiger partial charge >= 0.3 is 135 Å². The number of rotatable bonds is 3. The zero-order valence-electron chi connectivity index (χ0n) is 9.53. The number of hydrogen-bond donors (Lipinski definition) is 0. The van der Waals surface area contributed by atoms with Crippen LogP contribution in [0, 0.1) is 0 Å². The molecule has 0 saturated heterocycles. The molecule has 0 spiro atoms. The van der Waals surface area contributed by atoms with E-state index >= 15 is 0 Å². The summed E-state index contributed by atoms with van der Waals surface area (Å²) in [5.41, 5.74) is 0. The van der Waals surface area contributed by atoms with E-state index in [4.69, 9.17) is 0 Å². The van der Waals surface area contributed by atoms with Gasteiger partial charge in [-0.25, -0.2) is 0 Å². The van der Waals surface area contributed by atoms with Gasteiger partial charge in [0.05, 0.1) is 0 Å². The average Bonchev–Trinajstić information content (AvgIpc) is 2.16. The SMILES string of the molecule is [Cr+3].[O]=[Cr](=[O])([O-])[O][SiH3].[O]=[Cr](=[O])([O-])[O][SiH3].[O]=[Cr](=[O])([O-])[O][SiH3]. The van der Waals surface area contributed by atoms with Crippen LogP contribution in [-0.4, -0.2) is 31.5 Å². The molecule has 0 aromatic carbocycles. The van der Waals surface area contributed by atoms with Crippen molar-refractivity contribution >= 4 is 31.5 Å². The molecule has 0 aliphatic rings. The molecule has 0 aromatic heterocycles. The monoisotopic (exact) mass is 493 g/mol. The molecule has 117 valence electrons. The topological polar surface area (TPSA) is 199 Å². The van der Waals surface area contributed by atoms with Crippen molar-refractivity contribution in [2.24, 2.45) is 0 Å². The van der Waals surface area contributed by atoms with Gasteiger partial charge in [-0.1, -0.05) is 0 Å². The Morgan fingerprint density at radius 2 is 0.632 bits per heavy atom. The van der Waals surface area contributed by atoms with Gasteiger partial charge in [-0.2, -0.15) is 0 Å². The normalized spacial score (nSPS) is 11.5. The van der Waals surface area contributed by atoms with Crippen molar-refractivity contribution in [2.75, 3.05) is 0 Å². The van der Waals surface area contributed by atoms with Gasteiger partial charge in [-0.15, -0.1) is 0 Å². The van der Waals surface area contributed by atoms with Crippen LogP contribution in [0.4, 0.5) is 0 Å². The van der Waals surface area contributed by atoms with Crippen LogP contribution in [0.25, 0.3) is 0 Å². The van der Waals surface area contributed by atoms with Crippen molar-refractivity contribution in [2.45, 2.75) is 0 Å². The second-order valence-corrected chi connectivity index (χ2v) is 11.2. The Hall–Kier alpha value is 1.34. The van der Waals surface area contributed by atoms with Crippen molar-refractivity contribution in [3.8, 4) is 0 Å². The number of hydrogen-bond acceptors (Lipinski definition) is 12. The Balaban J connectivity index is -0.0000000865. The molecule has 1 radical (unpaired) electrons. The maximum absolute atomic E-state index is 9.33. The third kappa shape index (κ3) is 54.4. The van der Waals surface area contributed by atoms with Gasteiger partial charge in [0.1, 0.15) is 0 Å². The summed E-state index contributed by atoms with van der Waals surface area (Å²) in [5, 5.41) is 0. The second kappa shape index (κ2) is 13.0. The third-order valence-electron chi connectivity index (χ3n) is 0.612. The Morgan fingerprint density at radius 1 is 0.579 bits per heavy atom. The first-order chi connectivity index (χ1) is 7.68. The summed E-state index contributed by atoms with van der Waals surface area (Å²) in [5.74, 6) is 0. The van der Waals surface area contributed by atoms with Crippen molar-refractivity contribution in [1.82, 2.24) is 0 Å². The molecule has 0 fully saturated rings. The van der Waals surface area contributed by atoms with Gasteiger partial charge in [0.15, 0.2) is 0 Å². The van der Waals surface area contributed by atoms with Crippen LogP contribution < -0.4 is 12.5 Å². The molecule has 0 aromatic rings. The van der Waals surface area contributed by atoms with Gasteiger partial charge in [0.2, 0.25) is 0 Å². The van der Waals surface area contributed by atoms with E-state index in [1.807, 2.05) is 0 Å². The van der Waals surface area contributed by atoms with Crippen LogP contribution in [0.3, 0.4) is 0 Å². The van der Waals surface area contributed by atoms with E-state index in [-0.39, 0.29) is 48.8 Å². The standard InChI is InChI=1S/4Cr.3H3OSi.9O/c;;;;3*1-2;;;;;;;;;/h;;;;3*2H3;;;;;;;;;/q3*+1;+3;3*-1;;;;;;;3*-1. The molecule has 19 heavy (non-hydrogen) atoms. The zero-order valence-corrected chi connectivity index (χ0v) is 20.6. The van der Waals surface area contributed by atoms with E-state index in [0.29, 0.717) is 0 Å². The minimum atomic E-state index is -4.97. The summed E-state index contributed by atoms with van der Waals surface area (Å²) in [6.07, 6.45) is 0. The predicted molar refractivity (Wildman–Crippen MR) is 37.2 cm³/mol. The van der Waals surface area contributed by atoms with E-state index in [0.717, 1.165) is 0 Å².